The van der Waals surface area contributed by atoms with Gasteiger partial charge in [-0.3, -0.25) is 4.74 Å². The molecule has 0 rings (SSSR count). The lowest BCUT2D eigenvalue weighted by atomic mass is 10.3. The summed E-state index contributed by atoms with van der Waals surface area (Å²) >= 11 is 0. The molecular weight excluding hydrogens is 248 g/mol. The molecule has 0 saturated heterocycles. The van der Waals surface area contributed by atoms with Crippen molar-refractivity contribution >= 4 is 0 Å². The summed E-state index contributed by atoms with van der Waals surface area (Å²) in [7, 11) is 0. The second kappa shape index (κ2) is 4.45. The molecule has 0 radical (unpaired) electrons. The molecule has 0 N–H and O–H groups in total. The second-order valence-corrected chi connectivity index (χ2v) is 2.01. The molecule has 0 amide bonds. The van der Waals surface area contributed by atoms with E-state index in [0.717, 1.165) is 0 Å². The number of ether oxygens (including phenoxy) is 1. The first-order valence-electron chi connectivity index (χ1n) is 2.92. The zero-order valence-electron chi connectivity index (χ0n) is 6.46. The summed E-state index contributed by atoms with van der Waals surface area (Å²) < 4.78 is 96.8. The van der Waals surface area contributed by atoms with E-state index in [0.29, 0.717) is 0 Å². The maximum atomic E-state index is 12.2. The summed E-state index contributed by atoms with van der Waals surface area (Å²) in [6.07, 6.45) is -11.9. The molecule has 0 saturated carbocycles. The van der Waals surface area contributed by atoms with Crippen LogP contribution in [0.4, 0.5) is 35.3 Å². The van der Waals surface area contributed by atoms with Crippen LogP contribution in [0.3, 0.4) is 0 Å². The standard InChI is InChI=1S/C4H2F8O3/c5-1-13-3(8,9)2(6,7)4(10,11)14-15-12/h1H2. The highest BCUT2D eigenvalue weighted by Crippen LogP contribution is 2.46. The van der Waals surface area contributed by atoms with Crippen LogP contribution in [-0.2, 0) is 14.7 Å². The number of alkyl halides is 7. The van der Waals surface area contributed by atoms with Gasteiger partial charge in [-0.05, 0) is 9.62 Å². The first-order valence-corrected chi connectivity index (χ1v) is 2.92. The average Bonchev–Trinajstić information content (AvgIpc) is 2.03. The molecule has 0 aliphatic rings. The van der Waals surface area contributed by atoms with Crippen molar-refractivity contribution in [1.82, 2.24) is 0 Å². The summed E-state index contributed by atoms with van der Waals surface area (Å²) in [5.41, 5.74) is 0. The first-order chi connectivity index (χ1) is 6.62. The van der Waals surface area contributed by atoms with Gasteiger partial charge in [-0.2, -0.15) is 26.3 Å². The van der Waals surface area contributed by atoms with Gasteiger partial charge in [0, 0.05) is 0 Å². The molecular formula is C4H2F8O3. The van der Waals surface area contributed by atoms with E-state index in [1.165, 1.54) is 0 Å². The Hall–Kier alpha value is -0.680. The van der Waals surface area contributed by atoms with E-state index < -0.39 is 25.0 Å². The van der Waals surface area contributed by atoms with Gasteiger partial charge in [-0.1, -0.05) is 0 Å². The Kier molecular flexibility index (Phi) is 4.25. The molecule has 0 aromatic rings. The highest BCUT2D eigenvalue weighted by molar-refractivity contribution is 4.84. The molecule has 92 valence electrons. The Balaban J connectivity index is 4.93. The minimum atomic E-state index is -6.32. The van der Waals surface area contributed by atoms with Gasteiger partial charge < -0.3 is 0 Å². The van der Waals surface area contributed by atoms with Gasteiger partial charge in [0.25, 0.3) is 0 Å². The molecule has 0 fully saturated rings. The highest BCUT2D eigenvalue weighted by Gasteiger charge is 2.75. The highest BCUT2D eigenvalue weighted by atomic mass is 19.4. The lowest BCUT2D eigenvalue weighted by molar-refractivity contribution is -0.573. The van der Waals surface area contributed by atoms with E-state index >= 15 is 0 Å². The van der Waals surface area contributed by atoms with Crippen LogP contribution in [-0.4, -0.2) is 25.0 Å². The third-order valence-corrected chi connectivity index (χ3v) is 1.10. The van der Waals surface area contributed by atoms with Gasteiger partial charge in [0.1, 0.15) is 0 Å². The Morgan fingerprint density at radius 1 is 0.867 bits per heavy atom. The van der Waals surface area contributed by atoms with Crippen molar-refractivity contribution in [2.75, 3.05) is 6.86 Å². The lowest BCUT2D eigenvalue weighted by Gasteiger charge is -2.28. The largest absolute Gasteiger partial charge is 0.457 e. The molecule has 0 aliphatic carbocycles. The van der Waals surface area contributed by atoms with Crippen LogP contribution in [0, 0.1) is 0 Å². The van der Waals surface area contributed by atoms with Crippen molar-refractivity contribution in [2.24, 2.45) is 0 Å². The van der Waals surface area contributed by atoms with Gasteiger partial charge in [-0.15, -0.1) is 4.89 Å². The van der Waals surface area contributed by atoms with Crippen LogP contribution in [0.1, 0.15) is 0 Å². The van der Waals surface area contributed by atoms with Crippen molar-refractivity contribution in [1.29, 1.82) is 0 Å². The molecule has 0 heterocycles. The third-order valence-electron chi connectivity index (χ3n) is 1.10. The predicted molar refractivity (Wildman–Crippen MR) is 25.2 cm³/mol. The van der Waals surface area contributed by atoms with Gasteiger partial charge in [0.15, 0.2) is 6.86 Å². The second-order valence-electron chi connectivity index (χ2n) is 2.01. The Morgan fingerprint density at radius 3 is 1.67 bits per heavy atom. The Bertz CT molecular complexity index is 186. The molecule has 11 heteroatoms. The van der Waals surface area contributed by atoms with Crippen LogP contribution in [0.25, 0.3) is 0 Å². The Morgan fingerprint density at radius 2 is 1.33 bits per heavy atom. The zero-order valence-corrected chi connectivity index (χ0v) is 6.46. The van der Waals surface area contributed by atoms with Gasteiger partial charge in [-0.25, -0.2) is 4.39 Å². The number of rotatable bonds is 6. The third kappa shape index (κ3) is 2.66. The summed E-state index contributed by atoms with van der Waals surface area (Å²) in [6, 6.07) is 0. The van der Waals surface area contributed by atoms with Gasteiger partial charge in [0.05, 0.1) is 0 Å². The zero-order chi connectivity index (χ0) is 12.3. The molecule has 0 atom stereocenters. The van der Waals surface area contributed by atoms with E-state index in [2.05, 4.69) is 4.74 Å². The molecule has 0 aromatic heterocycles. The van der Waals surface area contributed by atoms with E-state index in [1.807, 2.05) is 4.89 Å². The number of hydrogen-bond donors (Lipinski definition) is 0. The van der Waals surface area contributed by atoms with Crippen molar-refractivity contribution in [2.45, 2.75) is 18.1 Å². The minimum Gasteiger partial charge on any atom is -0.283 e. The van der Waals surface area contributed by atoms with Crippen LogP contribution >= 0.6 is 0 Å². The normalized spacial score (nSPS) is 14.4. The predicted octanol–water partition coefficient (Wildman–Crippen LogP) is 2.58. The average molecular weight is 250 g/mol. The molecule has 0 spiro atoms. The number of hydrogen-bond acceptors (Lipinski definition) is 3. The number of halogens is 8. The van der Waals surface area contributed by atoms with Crippen molar-refractivity contribution in [3.63, 3.8) is 0 Å². The molecule has 0 bridgehead atoms. The van der Waals surface area contributed by atoms with Crippen LogP contribution in [0.2, 0.25) is 0 Å². The SMILES string of the molecule is FCOC(F)(F)C(F)(F)C(F)(F)OOF. The van der Waals surface area contributed by atoms with Gasteiger partial charge >= 0.3 is 18.1 Å². The first kappa shape index (κ1) is 14.3. The van der Waals surface area contributed by atoms with E-state index in [1.54, 1.807) is 5.09 Å². The molecule has 0 aliphatic heterocycles. The fourth-order valence-electron chi connectivity index (χ4n) is 0.420. The quantitative estimate of drug-likeness (QED) is 0.412. The topological polar surface area (TPSA) is 27.7 Å². The minimum absolute atomic E-state index is 1.65. The smallest absolute Gasteiger partial charge is 0.283 e. The van der Waals surface area contributed by atoms with Gasteiger partial charge in [0.2, 0.25) is 0 Å². The van der Waals surface area contributed by atoms with Crippen molar-refractivity contribution in [3.8, 4) is 0 Å². The summed E-state index contributed by atoms with van der Waals surface area (Å²) in [5, 5.41) is 1.65. The molecule has 0 aromatic carbocycles. The van der Waals surface area contributed by atoms with Crippen LogP contribution < -0.4 is 0 Å². The monoisotopic (exact) mass is 250 g/mol. The fourth-order valence-corrected chi connectivity index (χ4v) is 0.420. The van der Waals surface area contributed by atoms with E-state index in [9.17, 15) is 35.3 Å². The van der Waals surface area contributed by atoms with Crippen LogP contribution in [0.15, 0.2) is 0 Å². The van der Waals surface area contributed by atoms with Crippen molar-refractivity contribution in [3.05, 3.63) is 0 Å². The van der Waals surface area contributed by atoms with Crippen LogP contribution in [0.5, 0.6) is 0 Å². The van der Waals surface area contributed by atoms with E-state index in [4.69, 9.17) is 0 Å². The molecule has 0 unspecified atom stereocenters. The molecule has 15 heavy (non-hydrogen) atoms. The summed E-state index contributed by atoms with van der Waals surface area (Å²) in [6.45, 7) is -2.46. The van der Waals surface area contributed by atoms with E-state index in [-0.39, 0.29) is 0 Å². The maximum absolute atomic E-state index is 12.2. The molecule has 3 nitrogen and oxygen atoms in total. The lowest BCUT2D eigenvalue weighted by Crippen LogP contribution is -2.56. The van der Waals surface area contributed by atoms with Crippen molar-refractivity contribution < 1.29 is 50.0 Å². The fraction of sp³-hybridized carbons (Fsp3) is 1.00. The summed E-state index contributed by atoms with van der Waals surface area (Å²) in [5.74, 6) is -6.32. The summed E-state index contributed by atoms with van der Waals surface area (Å²) in [4.78, 5) is 1.99. The Labute approximate surface area is 76.3 Å². The maximum Gasteiger partial charge on any atom is 0.457 e.